The van der Waals surface area contributed by atoms with E-state index in [0.717, 1.165) is 36.8 Å². The van der Waals surface area contributed by atoms with Crippen molar-refractivity contribution >= 4 is 40.3 Å². The van der Waals surface area contributed by atoms with Gasteiger partial charge in [0, 0.05) is 39.2 Å². The van der Waals surface area contributed by atoms with Crippen LogP contribution in [0, 0.1) is 0 Å². The second kappa shape index (κ2) is 9.73. The molecule has 0 amide bonds. The molecule has 0 unspecified atom stereocenters. The van der Waals surface area contributed by atoms with Crippen molar-refractivity contribution in [3.05, 3.63) is 126 Å². The SMILES string of the molecule is CC1(C)OB(c2ccc3c(c2)c2c(n3-c3ccccc3)C3=CCCC=C3N(c3ccccc3)C3=C2C=CCC3)OC1(C)C. The van der Waals surface area contributed by atoms with Crippen LogP contribution < -0.4 is 10.4 Å². The van der Waals surface area contributed by atoms with E-state index in [1.165, 1.54) is 50.4 Å². The number of hydrogen-bond donors (Lipinski definition) is 0. The summed E-state index contributed by atoms with van der Waals surface area (Å²) in [5.41, 5.74) is 11.6. The molecule has 1 saturated heterocycles. The lowest BCUT2D eigenvalue weighted by atomic mass is 9.78. The topological polar surface area (TPSA) is 26.6 Å². The van der Waals surface area contributed by atoms with Gasteiger partial charge in [0.25, 0.3) is 0 Å². The number of aromatic nitrogens is 1. The molecule has 0 bridgehead atoms. The maximum Gasteiger partial charge on any atom is 0.494 e. The van der Waals surface area contributed by atoms with Gasteiger partial charge >= 0.3 is 7.12 Å². The molecule has 0 radical (unpaired) electrons. The van der Waals surface area contributed by atoms with Crippen molar-refractivity contribution in [2.24, 2.45) is 0 Å². The number of nitrogens with zero attached hydrogens (tertiary/aromatic N) is 2. The van der Waals surface area contributed by atoms with E-state index in [1.54, 1.807) is 0 Å². The van der Waals surface area contributed by atoms with Crippen LogP contribution in [-0.2, 0) is 9.31 Å². The van der Waals surface area contributed by atoms with Crippen LogP contribution in [0.25, 0.3) is 27.7 Å². The predicted octanol–water partition coefficient (Wildman–Crippen LogP) is 8.57. The molecular formula is C38H37BN2O2. The predicted molar refractivity (Wildman–Crippen MR) is 178 cm³/mol. The molecule has 43 heavy (non-hydrogen) atoms. The molecule has 4 aliphatic rings. The Morgan fingerprint density at radius 1 is 0.744 bits per heavy atom. The fraction of sp³-hybridized carbons (Fsp3) is 0.263. The fourth-order valence-electron chi connectivity index (χ4n) is 7.03. The quantitative estimate of drug-likeness (QED) is 0.233. The zero-order chi connectivity index (χ0) is 29.3. The molecule has 2 aliphatic heterocycles. The zero-order valence-electron chi connectivity index (χ0n) is 25.4. The van der Waals surface area contributed by atoms with E-state index >= 15 is 0 Å². The number of para-hydroxylation sites is 2. The highest BCUT2D eigenvalue weighted by Gasteiger charge is 2.52. The first-order valence-electron chi connectivity index (χ1n) is 15.6. The zero-order valence-corrected chi connectivity index (χ0v) is 25.4. The Kier molecular flexibility index (Phi) is 6.01. The van der Waals surface area contributed by atoms with Crippen molar-refractivity contribution in [1.29, 1.82) is 0 Å². The summed E-state index contributed by atoms with van der Waals surface area (Å²) in [6, 6.07) is 28.5. The van der Waals surface area contributed by atoms with Gasteiger partial charge in [-0.05, 0) is 89.2 Å². The van der Waals surface area contributed by atoms with E-state index in [-0.39, 0.29) is 0 Å². The van der Waals surface area contributed by atoms with Crippen LogP contribution in [0.1, 0.15) is 64.6 Å². The molecule has 0 saturated carbocycles. The van der Waals surface area contributed by atoms with Crippen LogP contribution in [0.15, 0.2) is 115 Å². The Hall–Kier alpha value is -4.06. The summed E-state index contributed by atoms with van der Waals surface area (Å²) >= 11 is 0. The molecule has 1 fully saturated rings. The third-order valence-corrected chi connectivity index (χ3v) is 9.85. The third-order valence-electron chi connectivity index (χ3n) is 9.85. The van der Waals surface area contributed by atoms with Crippen molar-refractivity contribution < 1.29 is 9.31 Å². The van der Waals surface area contributed by atoms with Crippen molar-refractivity contribution in [1.82, 2.24) is 4.57 Å². The highest BCUT2D eigenvalue weighted by molar-refractivity contribution is 6.62. The molecule has 0 atom stereocenters. The Morgan fingerprint density at radius 3 is 2.14 bits per heavy atom. The summed E-state index contributed by atoms with van der Waals surface area (Å²) in [6.45, 7) is 8.48. The lowest BCUT2D eigenvalue weighted by molar-refractivity contribution is 0.00578. The first kappa shape index (κ1) is 26.6. The summed E-state index contributed by atoms with van der Waals surface area (Å²) in [7, 11) is -0.420. The summed E-state index contributed by atoms with van der Waals surface area (Å²) in [6.07, 6.45) is 13.7. The van der Waals surface area contributed by atoms with Crippen LogP contribution in [0.4, 0.5) is 5.69 Å². The minimum atomic E-state index is -0.420. The maximum absolute atomic E-state index is 6.54. The third kappa shape index (κ3) is 4.06. The minimum absolute atomic E-state index is 0.399. The summed E-state index contributed by atoms with van der Waals surface area (Å²) in [5.74, 6) is 0. The Labute approximate surface area is 254 Å². The largest absolute Gasteiger partial charge is 0.494 e. The van der Waals surface area contributed by atoms with Crippen LogP contribution in [0.2, 0.25) is 0 Å². The lowest BCUT2D eigenvalue weighted by Gasteiger charge is -2.33. The van der Waals surface area contributed by atoms with Gasteiger partial charge in [-0.2, -0.15) is 0 Å². The number of rotatable bonds is 3. The highest BCUT2D eigenvalue weighted by Crippen LogP contribution is 2.50. The van der Waals surface area contributed by atoms with Crippen LogP contribution in [-0.4, -0.2) is 22.9 Å². The molecule has 1 aromatic heterocycles. The van der Waals surface area contributed by atoms with E-state index < -0.39 is 18.3 Å². The molecular weight excluding hydrogens is 527 g/mol. The molecule has 3 aromatic carbocycles. The van der Waals surface area contributed by atoms with Crippen LogP contribution in [0.5, 0.6) is 0 Å². The molecule has 5 heteroatoms. The van der Waals surface area contributed by atoms with Gasteiger partial charge in [0.15, 0.2) is 0 Å². The van der Waals surface area contributed by atoms with E-state index in [9.17, 15) is 0 Å². The smallest absolute Gasteiger partial charge is 0.399 e. The number of benzene rings is 3. The van der Waals surface area contributed by atoms with Gasteiger partial charge in [0.05, 0.1) is 28.1 Å². The van der Waals surface area contributed by atoms with Gasteiger partial charge in [0.2, 0.25) is 0 Å². The Bertz CT molecular complexity index is 1860. The van der Waals surface area contributed by atoms with E-state index in [2.05, 4.69) is 140 Å². The second-order valence-corrected chi connectivity index (χ2v) is 13.0. The normalized spacial score (nSPS) is 20.4. The van der Waals surface area contributed by atoms with E-state index in [1.807, 2.05) is 0 Å². The monoisotopic (exact) mass is 564 g/mol. The molecule has 0 N–H and O–H groups in total. The van der Waals surface area contributed by atoms with Crippen LogP contribution >= 0.6 is 0 Å². The Morgan fingerprint density at radius 2 is 1.42 bits per heavy atom. The first-order chi connectivity index (χ1) is 20.8. The molecule has 4 aromatic rings. The summed E-state index contributed by atoms with van der Waals surface area (Å²) in [4.78, 5) is 2.53. The van der Waals surface area contributed by atoms with Crippen molar-refractivity contribution in [3.8, 4) is 5.69 Å². The lowest BCUT2D eigenvalue weighted by Crippen LogP contribution is -2.41. The van der Waals surface area contributed by atoms with Crippen molar-refractivity contribution in [2.75, 3.05) is 4.90 Å². The minimum Gasteiger partial charge on any atom is -0.399 e. The molecule has 3 heterocycles. The highest BCUT2D eigenvalue weighted by atomic mass is 16.7. The van der Waals surface area contributed by atoms with E-state index in [0.29, 0.717) is 0 Å². The van der Waals surface area contributed by atoms with Gasteiger partial charge in [-0.25, -0.2) is 0 Å². The number of hydrogen-bond acceptors (Lipinski definition) is 3. The van der Waals surface area contributed by atoms with Crippen molar-refractivity contribution in [3.63, 3.8) is 0 Å². The first-order valence-corrected chi connectivity index (χ1v) is 15.6. The number of fused-ring (bicyclic) bond motifs is 6. The fourth-order valence-corrected chi connectivity index (χ4v) is 7.03. The molecule has 4 nitrogen and oxygen atoms in total. The second-order valence-electron chi connectivity index (χ2n) is 13.0. The average Bonchev–Trinajstić information content (AvgIpc) is 3.42. The van der Waals surface area contributed by atoms with Gasteiger partial charge in [-0.3, -0.25) is 0 Å². The molecule has 0 spiro atoms. The molecule has 214 valence electrons. The van der Waals surface area contributed by atoms with Crippen LogP contribution in [0.3, 0.4) is 0 Å². The van der Waals surface area contributed by atoms with Gasteiger partial charge in [-0.1, -0.05) is 72.8 Å². The number of anilines is 1. The van der Waals surface area contributed by atoms with Gasteiger partial charge in [0.1, 0.15) is 0 Å². The van der Waals surface area contributed by atoms with Gasteiger partial charge < -0.3 is 18.8 Å². The van der Waals surface area contributed by atoms with Gasteiger partial charge in [-0.15, -0.1) is 0 Å². The standard InChI is InChI=1S/C38H37BN2O2/c1-37(2)38(3,4)43-39(42-37)26-23-24-34-31(25-26)35-29-19-11-13-21-32(29)40(27-15-7-5-8-16-27)33-22-14-12-20-30(33)36(35)41(34)28-17-9-6-10-18-28/h5-11,15-20,22-25H,12-14,21H2,1-4H3. The average molecular weight is 565 g/mol. The molecule has 2 aliphatic carbocycles. The van der Waals surface area contributed by atoms with E-state index in [4.69, 9.17) is 9.31 Å². The summed E-state index contributed by atoms with van der Waals surface area (Å²) in [5, 5.41) is 1.23. The number of allylic oxidation sites excluding steroid dienone is 7. The summed E-state index contributed by atoms with van der Waals surface area (Å²) < 4.78 is 15.6. The van der Waals surface area contributed by atoms with Crippen molar-refractivity contribution in [2.45, 2.75) is 64.6 Å². The Balaban J connectivity index is 1.46. The maximum atomic E-state index is 6.54. The molecule has 8 rings (SSSR count).